The van der Waals surface area contributed by atoms with Crippen LogP contribution in [0.4, 0.5) is 0 Å². The van der Waals surface area contributed by atoms with Crippen LogP contribution in [0.1, 0.15) is 47.9 Å². The molecule has 0 saturated carbocycles. The normalized spacial score (nSPS) is 17.1. The molecule has 1 aromatic carbocycles. The number of ether oxygens (including phenoxy) is 3. The maximum Gasteiger partial charge on any atom is 0.308 e. The Labute approximate surface area is 186 Å². The monoisotopic (exact) mass is 434 g/mol. The molecule has 0 aliphatic carbocycles. The number of carbonyl (C=O) groups excluding carboxylic acids is 1. The van der Waals surface area contributed by atoms with E-state index in [4.69, 9.17) is 14.2 Å². The maximum absolute atomic E-state index is 12.5. The molecule has 0 radical (unpaired) electrons. The average Bonchev–Trinajstić information content (AvgIpc) is 2.90. The molecule has 0 spiro atoms. The number of hydrogen-bond acceptors (Lipinski definition) is 6. The van der Waals surface area contributed by atoms with Crippen molar-refractivity contribution in [1.29, 1.82) is 0 Å². The molecule has 7 heteroatoms. The van der Waals surface area contributed by atoms with Crippen LogP contribution >= 0.6 is 0 Å². The van der Waals surface area contributed by atoms with Crippen LogP contribution in [0.2, 0.25) is 0 Å². The second kappa shape index (κ2) is 8.96. The highest BCUT2D eigenvalue weighted by atomic mass is 16.5. The SMILES string of the molecule is CCOC(=O)CC1OC(c2ccc(C)cn2)c2cc(OC)ccc2-c2cn(C)c(=O)cc21. The third kappa shape index (κ3) is 4.16. The van der Waals surface area contributed by atoms with Gasteiger partial charge in [-0.3, -0.25) is 14.6 Å². The van der Waals surface area contributed by atoms with Gasteiger partial charge in [0.05, 0.1) is 31.9 Å². The van der Waals surface area contributed by atoms with Gasteiger partial charge in [-0.2, -0.15) is 0 Å². The van der Waals surface area contributed by atoms with Crippen molar-refractivity contribution in [2.45, 2.75) is 32.5 Å². The molecule has 166 valence electrons. The second-order valence-corrected chi connectivity index (χ2v) is 7.82. The van der Waals surface area contributed by atoms with E-state index in [-0.39, 0.29) is 24.6 Å². The van der Waals surface area contributed by atoms with Crippen LogP contribution in [-0.2, 0) is 21.3 Å². The number of aryl methyl sites for hydroxylation is 2. The molecule has 1 aliphatic rings. The van der Waals surface area contributed by atoms with E-state index in [9.17, 15) is 9.59 Å². The lowest BCUT2D eigenvalue weighted by Crippen LogP contribution is -2.20. The van der Waals surface area contributed by atoms with Gasteiger partial charge >= 0.3 is 5.97 Å². The van der Waals surface area contributed by atoms with Crippen molar-refractivity contribution < 1.29 is 19.0 Å². The number of methoxy groups -OCH3 is 1. The lowest BCUT2D eigenvalue weighted by atomic mass is 9.92. The molecule has 1 aliphatic heterocycles. The first-order chi connectivity index (χ1) is 15.4. The van der Waals surface area contributed by atoms with Gasteiger partial charge in [0.15, 0.2) is 0 Å². The first-order valence-corrected chi connectivity index (χ1v) is 10.5. The molecule has 2 atom stereocenters. The molecule has 3 heterocycles. The van der Waals surface area contributed by atoms with Crippen LogP contribution in [0.3, 0.4) is 0 Å². The molecule has 2 unspecified atom stereocenters. The quantitative estimate of drug-likeness (QED) is 0.567. The minimum Gasteiger partial charge on any atom is -0.497 e. The molecule has 2 aromatic heterocycles. The van der Waals surface area contributed by atoms with Crippen LogP contribution < -0.4 is 10.3 Å². The smallest absolute Gasteiger partial charge is 0.308 e. The van der Waals surface area contributed by atoms with Gasteiger partial charge in [0.2, 0.25) is 0 Å². The first kappa shape index (κ1) is 21.8. The zero-order valence-corrected chi connectivity index (χ0v) is 18.6. The van der Waals surface area contributed by atoms with Crippen LogP contribution in [0.5, 0.6) is 5.75 Å². The molecule has 0 bridgehead atoms. The summed E-state index contributed by atoms with van der Waals surface area (Å²) in [5, 5.41) is 0. The van der Waals surface area contributed by atoms with E-state index < -0.39 is 12.2 Å². The van der Waals surface area contributed by atoms with E-state index in [0.29, 0.717) is 17.0 Å². The Balaban J connectivity index is 1.95. The Morgan fingerprint density at radius 1 is 1.16 bits per heavy atom. The first-order valence-electron chi connectivity index (χ1n) is 10.5. The minimum atomic E-state index is -0.676. The average molecular weight is 434 g/mol. The van der Waals surface area contributed by atoms with E-state index >= 15 is 0 Å². The highest BCUT2D eigenvalue weighted by Crippen LogP contribution is 2.45. The molecule has 0 saturated heterocycles. The third-order valence-corrected chi connectivity index (χ3v) is 5.60. The Hall–Kier alpha value is -3.45. The van der Waals surface area contributed by atoms with Crippen molar-refractivity contribution in [1.82, 2.24) is 9.55 Å². The van der Waals surface area contributed by atoms with Gasteiger partial charge < -0.3 is 18.8 Å². The van der Waals surface area contributed by atoms with Crippen molar-refractivity contribution in [3.63, 3.8) is 0 Å². The summed E-state index contributed by atoms with van der Waals surface area (Å²) in [7, 11) is 3.32. The van der Waals surface area contributed by atoms with Crippen molar-refractivity contribution in [2.75, 3.05) is 13.7 Å². The number of fused-ring (bicyclic) bond motifs is 3. The summed E-state index contributed by atoms with van der Waals surface area (Å²) in [5.74, 6) is 0.294. The van der Waals surface area contributed by atoms with Gasteiger partial charge in [-0.1, -0.05) is 12.1 Å². The summed E-state index contributed by atoms with van der Waals surface area (Å²) in [6.07, 6.45) is 2.32. The fourth-order valence-corrected chi connectivity index (χ4v) is 3.97. The van der Waals surface area contributed by atoms with E-state index in [1.54, 1.807) is 33.5 Å². The fraction of sp³-hybridized carbons (Fsp3) is 0.320. The van der Waals surface area contributed by atoms with E-state index in [0.717, 1.165) is 22.3 Å². The Kier molecular flexibility index (Phi) is 6.10. The van der Waals surface area contributed by atoms with Crippen LogP contribution in [0, 0.1) is 6.92 Å². The molecule has 32 heavy (non-hydrogen) atoms. The molecular formula is C25H26N2O5. The minimum absolute atomic E-state index is 0.0124. The highest BCUT2D eigenvalue weighted by Gasteiger charge is 2.33. The molecule has 0 fully saturated rings. The third-order valence-electron chi connectivity index (χ3n) is 5.60. The van der Waals surface area contributed by atoms with Gasteiger partial charge in [0, 0.05) is 31.1 Å². The maximum atomic E-state index is 12.5. The predicted octanol–water partition coefficient (Wildman–Crippen LogP) is 3.88. The highest BCUT2D eigenvalue weighted by molar-refractivity contribution is 5.75. The summed E-state index contributed by atoms with van der Waals surface area (Å²) >= 11 is 0. The Morgan fingerprint density at radius 2 is 1.97 bits per heavy atom. The largest absolute Gasteiger partial charge is 0.497 e. The van der Waals surface area contributed by atoms with Crippen LogP contribution in [0.15, 0.2) is 53.6 Å². The fourth-order valence-electron chi connectivity index (χ4n) is 3.97. The molecule has 7 nitrogen and oxygen atoms in total. The Morgan fingerprint density at radius 3 is 2.66 bits per heavy atom. The zero-order valence-electron chi connectivity index (χ0n) is 18.6. The lowest BCUT2D eigenvalue weighted by Gasteiger charge is -2.23. The number of benzene rings is 1. The van der Waals surface area contributed by atoms with Crippen molar-refractivity contribution in [2.24, 2.45) is 7.05 Å². The molecular weight excluding hydrogens is 408 g/mol. The number of nitrogens with zero attached hydrogens (tertiary/aromatic N) is 2. The van der Waals surface area contributed by atoms with Gasteiger partial charge in [-0.15, -0.1) is 0 Å². The van der Waals surface area contributed by atoms with E-state index in [2.05, 4.69) is 4.98 Å². The van der Waals surface area contributed by atoms with E-state index in [1.807, 2.05) is 37.3 Å². The van der Waals surface area contributed by atoms with Gasteiger partial charge in [-0.25, -0.2) is 0 Å². The van der Waals surface area contributed by atoms with Crippen LogP contribution in [0.25, 0.3) is 11.1 Å². The van der Waals surface area contributed by atoms with Gasteiger partial charge in [0.1, 0.15) is 11.9 Å². The number of pyridine rings is 2. The number of carbonyl (C=O) groups is 1. The summed E-state index contributed by atoms with van der Waals surface area (Å²) < 4.78 is 18.7. The summed E-state index contributed by atoms with van der Waals surface area (Å²) in [6.45, 7) is 4.00. The van der Waals surface area contributed by atoms with Crippen molar-refractivity contribution in [3.05, 3.63) is 81.5 Å². The van der Waals surface area contributed by atoms with E-state index in [1.165, 1.54) is 10.6 Å². The predicted molar refractivity (Wildman–Crippen MR) is 120 cm³/mol. The summed E-state index contributed by atoms with van der Waals surface area (Å²) in [6, 6.07) is 11.2. The topological polar surface area (TPSA) is 79.7 Å². The molecule has 3 aromatic rings. The Bertz CT molecular complexity index is 1200. The van der Waals surface area contributed by atoms with Crippen LogP contribution in [-0.4, -0.2) is 29.2 Å². The van der Waals surface area contributed by atoms with Crippen molar-refractivity contribution in [3.8, 4) is 16.9 Å². The van der Waals surface area contributed by atoms with Crippen molar-refractivity contribution >= 4 is 5.97 Å². The second-order valence-electron chi connectivity index (χ2n) is 7.82. The number of hydrogen-bond donors (Lipinski definition) is 0. The number of aromatic nitrogens is 2. The standard InChI is InChI=1S/C25H26N2O5/c1-5-31-24(29)12-22-18-11-23(28)27(3)14-20(18)17-8-7-16(30-4)10-19(17)25(32-22)21-9-6-15(2)13-26-21/h6-11,13-14,22,25H,5,12H2,1-4H3. The van der Waals surface area contributed by atoms with Gasteiger partial charge in [0.25, 0.3) is 5.56 Å². The molecule has 0 amide bonds. The molecule has 0 N–H and O–H groups in total. The van der Waals surface area contributed by atoms with Gasteiger partial charge in [-0.05, 0) is 54.3 Å². The number of rotatable bonds is 5. The summed E-state index contributed by atoms with van der Waals surface area (Å²) in [5.41, 5.74) is 4.79. The number of esters is 1. The zero-order chi connectivity index (χ0) is 22.8. The summed E-state index contributed by atoms with van der Waals surface area (Å²) in [4.78, 5) is 29.5. The lowest BCUT2D eigenvalue weighted by molar-refractivity contribution is -0.147. The molecule has 4 rings (SSSR count).